The first-order chi connectivity index (χ1) is 21.9. The summed E-state index contributed by atoms with van der Waals surface area (Å²) in [7, 11) is 4.67. The van der Waals surface area contributed by atoms with Gasteiger partial charge in [-0.05, 0) is 59.7 Å². The Bertz CT molecular complexity index is 1910. The number of methoxy groups -OCH3 is 3. The average molecular weight is 610 g/mol. The minimum absolute atomic E-state index is 0.163. The van der Waals surface area contributed by atoms with Crippen LogP contribution in [0.4, 0.5) is 0 Å². The number of ether oxygens (including phenoxy) is 5. The number of ketones is 1. The number of para-hydroxylation sites is 1. The first kappa shape index (κ1) is 30.6. The summed E-state index contributed by atoms with van der Waals surface area (Å²) in [6.07, 6.45) is 8.12. The van der Waals surface area contributed by atoms with E-state index in [4.69, 9.17) is 28.1 Å². The zero-order valence-corrected chi connectivity index (χ0v) is 25.0. The number of allylic oxidation sites excluding steroid dienone is 2. The van der Waals surface area contributed by atoms with E-state index in [1.165, 1.54) is 18.2 Å². The summed E-state index contributed by atoms with van der Waals surface area (Å²) < 4.78 is 34.6. The van der Waals surface area contributed by atoms with Gasteiger partial charge in [0.05, 0.1) is 45.5 Å². The van der Waals surface area contributed by atoms with Gasteiger partial charge in [-0.2, -0.15) is 0 Å². The van der Waals surface area contributed by atoms with Gasteiger partial charge in [-0.3, -0.25) is 4.79 Å². The average Bonchev–Trinajstić information content (AvgIpc) is 3.52. The molecule has 0 atom stereocenters. The van der Waals surface area contributed by atoms with Crippen molar-refractivity contribution in [3.63, 3.8) is 0 Å². The molecule has 2 aromatic heterocycles. The molecule has 3 aromatic carbocycles. The second kappa shape index (κ2) is 14.6. The Morgan fingerprint density at radius 3 is 2.18 bits per heavy atom. The van der Waals surface area contributed by atoms with Crippen molar-refractivity contribution in [2.45, 2.75) is 13.2 Å². The summed E-state index contributed by atoms with van der Waals surface area (Å²) in [6, 6.07) is 19.3. The van der Waals surface area contributed by atoms with Gasteiger partial charge in [0.1, 0.15) is 30.2 Å². The number of hydrogen-bond acceptors (Lipinski definition) is 10. The van der Waals surface area contributed by atoms with Crippen molar-refractivity contribution in [1.82, 2.24) is 15.0 Å². The van der Waals surface area contributed by atoms with Crippen LogP contribution in [0.5, 0.6) is 28.7 Å². The molecule has 0 aliphatic carbocycles. The Morgan fingerprint density at radius 2 is 1.47 bits per heavy atom. The molecule has 0 N–H and O–H groups in total. The van der Waals surface area contributed by atoms with E-state index in [-0.39, 0.29) is 19.0 Å². The quantitative estimate of drug-likeness (QED) is 0.120. The molecule has 11 nitrogen and oxygen atoms in total. The summed E-state index contributed by atoms with van der Waals surface area (Å²) >= 11 is 0. The Morgan fingerprint density at radius 1 is 0.800 bits per heavy atom. The SMILES string of the molecule is COc1ccc(/C=C/C(=O)/C=C/c2ccc(OCc3cn(CCOc4cc(=O)oc5ccccc45)nn3)c(OC)c2)cc1OC. The van der Waals surface area contributed by atoms with E-state index in [9.17, 15) is 9.59 Å². The van der Waals surface area contributed by atoms with Gasteiger partial charge < -0.3 is 28.1 Å². The normalized spacial score (nSPS) is 11.3. The zero-order chi connectivity index (χ0) is 31.6. The Kier molecular flexibility index (Phi) is 9.90. The molecule has 230 valence electrons. The van der Waals surface area contributed by atoms with Crippen molar-refractivity contribution >= 4 is 28.9 Å². The van der Waals surface area contributed by atoms with Crippen LogP contribution in [0, 0.1) is 0 Å². The molecule has 11 heteroatoms. The maximum absolute atomic E-state index is 12.4. The van der Waals surface area contributed by atoms with Gasteiger partial charge in [-0.1, -0.05) is 41.6 Å². The molecule has 0 radical (unpaired) electrons. The van der Waals surface area contributed by atoms with Crippen molar-refractivity contribution in [2.75, 3.05) is 27.9 Å². The lowest BCUT2D eigenvalue weighted by Crippen LogP contribution is -2.10. The minimum atomic E-state index is -0.476. The molecule has 0 aliphatic rings. The van der Waals surface area contributed by atoms with Crippen LogP contribution in [-0.2, 0) is 17.9 Å². The van der Waals surface area contributed by atoms with E-state index in [0.29, 0.717) is 46.6 Å². The maximum atomic E-state index is 12.4. The van der Waals surface area contributed by atoms with Gasteiger partial charge in [0, 0.05) is 0 Å². The van der Waals surface area contributed by atoms with Gasteiger partial charge in [-0.25, -0.2) is 9.48 Å². The smallest absolute Gasteiger partial charge is 0.339 e. The summed E-state index contributed by atoms with van der Waals surface area (Å²) in [5, 5.41) is 9.00. The van der Waals surface area contributed by atoms with Crippen molar-refractivity contribution in [3.05, 3.63) is 112 Å². The number of carbonyl (C=O) groups is 1. The van der Waals surface area contributed by atoms with Crippen LogP contribution in [0.25, 0.3) is 23.1 Å². The molecule has 5 aromatic rings. The third-order valence-electron chi connectivity index (χ3n) is 6.63. The van der Waals surface area contributed by atoms with Crippen LogP contribution in [0.15, 0.2) is 94.3 Å². The number of aromatic nitrogens is 3. The van der Waals surface area contributed by atoms with Crippen molar-refractivity contribution < 1.29 is 32.9 Å². The van der Waals surface area contributed by atoms with Crippen LogP contribution in [0.2, 0.25) is 0 Å². The lowest BCUT2D eigenvalue weighted by molar-refractivity contribution is -0.110. The second-order valence-electron chi connectivity index (χ2n) is 9.63. The molecule has 0 saturated carbocycles. The van der Waals surface area contributed by atoms with E-state index in [2.05, 4.69) is 10.3 Å². The summed E-state index contributed by atoms with van der Waals surface area (Å²) in [5.41, 5.74) is 2.17. The molecule has 0 unspecified atom stereocenters. The Labute approximate surface area is 258 Å². The molecule has 0 amide bonds. The molecule has 0 fully saturated rings. The van der Waals surface area contributed by atoms with Crippen LogP contribution in [0.3, 0.4) is 0 Å². The Balaban J connectivity index is 1.13. The fraction of sp³-hybridized carbons (Fsp3) is 0.176. The number of nitrogens with zero attached hydrogens (tertiary/aromatic N) is 3. The van der Waals surface area contributed by atoms with E-state index in [1.54, 1.807) is 80.8 Å². The third-order valence-corrected chi connectivity index (χ3v) is 6.63. The number of hydrogen-bond donors (Lipinski definition) is 0. The van der Waals surface area contributed by atoms with Gasteiger partial charge >= 0.3 is 5.63 Å². The van der Waals surface area contributed by atoms with Crippen molar-refractivity contribution in [2.24, 2.45) is 0 Å². The predicted octanol–water partition coefficient (Wildman–Crippen LogP) is 5.36. The fourth-order valence-corrected chi connectivity index (χ4v) is 4.39. The van der Waals surface area contributed by atoms with E-state index in [1.807, 2.05) is 24.3 Å². The molecule has 45 heavy (non-hydrogen) atoms. The van der Waals surface area contributed by atoms with Crippen LogP contribution in [-0.4, -0.2) is 48.7 Å². The monoisotopic (exact) mass is 609 g/mol. The standard InChI is InChI=1S/C34H31N3O8/c1-40-29-14-10-23(18-32(29)41-2)8-12-26(38)13-9-24-11-15-30(33(19-24)42-3)44-22-25-21-37(36-35-25)16-17-43-31-20-34(39)45-28-7-5-4-6-27(28)31/h4-15,18-21H,16-17,22H2,1-3H3/b12-8+,13-9+. The van der Waals surface area contributed by atoms with Gasteiger partial charge in [-0.15, -0.1) is 5.10 Å². The van der Waals surface area contributed by atoms with Crippen molar-refractivity contribution in [3.8, 4) is 28.7 Å². The number of benzene rings is 3. The topological polar surface area (TPSA) is 124 Å². The highest BCUT2D eigenvalue weighted by Crippen LogP contribution is 2.30. The molecular formula is C34H31N3O8. The third kappa shape index (κ3) is 7.96. The van der Waals surface area contributed by atoms with Crippen molar-refractivity contribution in [1.29, 1.82) is 0 Å². The molecule has 2 heterocycles. The first-order valence-corrected chi connectivity index (χ1v) is 13.9. The van der Waals surface area contributed by atoms with Gasteiger partial charge in [0.25, 0.3) is 0 Å². The largest absolute Gasteiger partial charge is 0.493 e. The molecular weight excluding hydrogens is 578 g/mol. The summed E-state index contributed by atoms with van der Waals surface area (Å²) in [5.74, 6) is 2.49. The van der Waals surface area contributed by atoms with Crippen LogP contribution in [0.1, 0.15) is 16.8 Å². The lowest BCUT2D eigenvalue weighted by atomic mass is 10.1. The van der Waals surface area contributed by atoms with Crippen LogP contribution < -0.4 is 29.3 Å². The number of carbonyl (C=O) groups excluding carboxylic acids is 1. The fourth-order valence-electron chi connectivity index (χ4n) is 4.39. The van der Waals surface area contributed by atoms with E-state index < -0.39 is 5.63 Å². The second-order valence-corrected chi connectivity index (χ2v) is 9.63. The minimum Gasteiger partial charge on any atom is -0.493 e. The molecule has 0 spiro atoms. The number of rotatable bonds is 14. The van der Waals surface area contributed by atoms with E-state index in [0.717, 1.165) is 16.5 Å². The predicted molar refractivity (Wildman–Crippen MR) is 168 cm³/mol. The highest BCUT2D eigenvalue weighted by atomic mass is 16.5. The molecule has 0 saturated heterocycles. The Hall–Kier alpha value is -5.84. The van der Waals surface area contributed by atoms with E-state index >= 15 is 0 Å². The lowest BCUT2D eigenvalue weighted by Gasteiger charge is -2.10. The zero-order valence-electron chi connectivity index (χ0n) is 25.0. The van der Waals surface area contributed by atoms with Crippen LogP contribution >= 0.6 is 0 Å². The van der Waals surface area contributed by atoms with Gasteiger partial charge in [0.15, 0.2) is 28.8 Å². The summed E-state index contributed by atoms with van der Waals surface area (Å²) in [6.45, 7) is 0.846. The number of fused-ring (bicyclic) bond motifs is 1. The molecule has 0 bridgehead atoms. The van der Waals surface area contributed by atoms with Gasteiger partial charge in [0.2, 0.25) is 0 Å². The molecule has 0 aliphatic heterocycles. The maximum Gasteiger partial charge on any atom is 0.339 e. The highest BCUT2D eigenvalue weighted by Gasteiger charge is 2.10. The highest BCUT2D eigenvalue weighted by molar-refractivity contribution is 6.04. The first-order valence-electron chi connectivity index (χ1n) is 13.9. The molecule has 5 rings (SSSR count). The summed E-state index contributed by atoms with van der Waals surface area (Å²) in [4.78, 5) is 24.3.